The van der Waals surface area contributed by atoms with Crippen LogP contribution in [0.2, 0.25) is 0 Å². The Hall–Kier alpha value is -2.62. The third-order valence-corrected chi connectivity index (χ3v) is 4.25. The van der Waals surface area contributed by atoms with E-state index in [4.69, 9.17) is 4.74 Å². The molecule has 2 aromatic rings. The molecule has 0 spiro atoms. The van der Waals surface area contributed by atoms with Crippen LogP contribution >= 0.6 is 24.0 Å². The van der Waals surface area contributed by atoms with Gasteiger partial charge < -0.3 is 20.3 Å². The molecule has 0 heterocycles. The molecule has 0 saturated heterocycles. The lowest BCUT2D eigenvalue weighted by molar-refractivity contribution is -0.127. The first-order valence-electron chi connectivity index (χ1n) is 9.43. The molecule has 0 bridgehead atoms. The molecular weight excluding hydrogens is 495 g/mol. The molecule has 0 aliphatic heterocycles. The largest absolute Gasteiger partial charge is 0.465 e. The van der Waals surface area contributed by atoms with E-state index in [1.807, 2.05) is 30.3 Å². The van der Waals surface area contributed by atoms with E-state index < -0.39 is 0 Å². The van der Waals surface area contributed by atoms with Crippen LogP contribution in [0.4, 0.5) is 0 Å². The average molecular weight is 524 g/mol. The number of halogens is 1. The number of esters is 1. The number of nitrogens with one attached hydrogen (secondary N) is 2. The molecule has 0 radical (unpaired) electrons. The third kappa shape index (κ3) is 8.81. The molecular formula is C22H29IN4O3. The minimum atomic E-state index is -0.368. The molecule has 7 nitrogen and oxygen atoms in total. The number of benzene rings is 2. The molecule has 2 aromatic carbocycles. The molecule has 30 heavy (non-hydrogen) atoms. The third-order valence-electron chi connectivity index (χ3n) is 4.25. The average Bonchev–Trinajstić information content (AvgIpc) is 2.75. The van der Waals surface area contributed by atoms with Gasteiger partial charge in [0.2, 0.25) is 5.91 Å². The van der Waals surface area contributed by atoms with Crippen LogP contribution in [-0.4, -0.2) is 57.0 Å². The maximum Gasteiger partial charge on any atom is 0.337 e. The zero-order valence-electron chi connectivity index (χ0n) is 17.6. The predicted octanol–water partition coefficient (Wildman–Crippen LogP) is 2.46. The number of ether oxygens (including phenoxy) is 1. The topological polar surface area (TPSA) is 83.0 Å². The first-order valence-corrected chi connectivity index (χ1v) is 9.43. The second-order valence-electron chi connectivity index (χ2n) is 6.66. The van der Waals surface area contributed by atoms with Crippen molar-refractivity contribution in [1.29, 1.82) is 0 Å². The predicted molar refractivity (Wildman–Crippen MR) is 129 cm³/mol. The van der Waals surface area contributed by atoms with Gasteiger partial charge >= 0.3 is 5.97 Å². The lowest BCUT2D eigenvalue weighted by Crippen LogP contribution is -2.43. The van der Waals surface area contributed by atoms with Gasteiger partial charge in [-0.1, -0.05) is 42.5 Å². The Balaban J connectivity index is 0.00000450. The number of nitrogens with zero attached hydrogens (tertiary/aromatic N) is 2. The smallest absolute Gasteiger partial charge is 0.337 e. The minimum absolute atomic E-state index is 0. The van der Waals surface area contributed by atoms with E-state index in [1.54, 1.807) is 26.2 Å². The molecule has 0 atom stereocenters. The van der Waals surface area contributed by atoms with Crippen molar-refractivity contribution in [1.82, 2.24) is 15.5 Å². The van der Waals surface area contributed by atoms with Crippen LogP contribution < -0.4 is 10.6 Å². The number of rotatable bonds is 8. The minimum Gasteiger partial charge on any atom is -0.465 e. The highest BCUT2D eigenvalue weighted by atomic mass is 127. The van der Waals surface area contributed by atoms with Crippen LogP contribution in [0.5, 0.6) is 0 Å². The lowest BCUT2D eigenvalue weighted by Gasteiger charge is -2.15. The van der Waals surface area contributed by atoms with E-state index in [0.717, 1.165) is 12.0 Å². The van der Waals surface area contributed by atoms with Gasteiger partial charge in [0.05, 0.1) is 25.8 Å². The molecule has 0 unspecified atom stereocenters. The maximum absolute atomic E-state index is 11.9. The van der Waals surface area contributed by atoms with Crippen molar-refractivity contribution in [3.63, 3.8) is 0 Å². The summed E-state index contributed by atoms with van der Waals surface area (Å²) in [6.07, 6.45) is 0.844. The van der Waals surface area contributed by atoms with E-state index >= 15 is 0 Å². The molecule has 0 aromatic heterocycles. The second-order valence-corrected chi connectivity index (χ2v) is 6.66. The Morgan fingerprint density at radius 3 is 2.23 bits per heavy atom. The van der Waals surface area contributed by atoms with E-state index in [-0.39, 0.29) is 42.4 Å². The van der Waals surface area contributed by atoms with Gasteiger partial charge in [-0.2, -0.15) is 0 Å². The molecule has 0 saturated carbocycles. The van der Waals surface area contributed by atoms with Crippen molar-refractivity contribution in [2.24, 2.45) is 4.99 Å². The highest BCUT2D eigenvalue weighted by Gasteiger charge is 2.07. The Morgan fingerprint density at radius 2 is 1.63 bits per heavy atom. The second kappa shape index (κ2) is 13.6. The Bertz CT molecular complexity index is 824. The van der Waals surface area contributed by atoms with E-state index in [0.29, 0.717) is 24.6 Å². The summed E-state index contributed by atoms with van der Waals surface area (Å²) in [6.45, 7) is 1.26. The summed E-state index contributed by atoms with van der Waals surface area (Å²) in [6, 6.07) is 17.3. The molecule has 0 aliphatic rings. The molecule has 8 heteroatoms. The van der Waals surface area contributed by atoms with Gasteiger partial charge in [0.15, 0.2) is 5.96 Å². The summed E-state index contributed by atoms with van der Waals surface area (Å²) in [4.78, 5) is 29.5. The summed E-state index contributed by atoms with van der Waals surface area (Å²) < 4.78 is 4.71. The van der Waals surface area contributed by atoms with Gasteiger partial charge in [0, 0.05) is 20.6 Å². The number of carbonyl (C=O) groups excluding carboxylic acids is 2. The number of hydrogen-bond acceptors (Lipinski definition) is 4. The number of carbonyl (C=O) groups is 2. The Morgan fingerprint density at radius 1 is 0.967 bits per heavy atom. The van der Waals surface area contributed by atoms with Crippen LogP contribution in [0.3, 0.4) is 0 Å². The zero-order chi connectivity index (χ0) is 21.1. The summed E-state index contributed by atoms with van der Waals surface area (Å²) in [5.74, 6) is 0.158. The summed E-state index contributed by atoms with van der Waals surface area (Å²) in [5.41, 5.74) is 2.67. The molecule has 162 valence electrons. The van der Waals surface area contributed by atoms with Crippen LogP contribution in [0.25, 0.3) is 0 Å². The van der Waals surface area contributed by atoms with Crippen LogP contribution in [0.15, 0.2) is 59.6 Å². The molecule has 1 amide bonds. The van der Waals surface area contributed by atoms with Crippen molar-refractivity contribution in [3.8, 4) is 0 Å². The Labute approximate surface area is 194 Å². The SMILES string of the molecule is COC(=O)c1ccc(CN=C(NCCc2ccccc2)NCC(=O)N(C)C)cc1.I. The van der Waals surface area contributed by atoms with Gasteiger partial charge in [0.25, 0.3) is 0 Å². The number of amides is 1. The fraction of sp³-hybridized carbons (Fsp3) is 0.318. The van der Waals surface area contributed by atoms with Crippen LogP contribution in [-0.2, 0) is 22.5 Å². The Kier molecular flexibility index (Phi) is 11.5. The number of hydrogen-bond donors (Lipinski definition) is 2. The van der Waals surface area contributed by atoms with Crippen molar-refractivity contribution >= 4 is 41.8 Å². The van der Waals surface area contributed by atoms with Gasteiger partial charge in [0.1, 0.15) is 0 Å². The number of guanidine groups is 1. The fourth-order valence-electron chi connectivity index (χ4n) is 2.50. The van der Waals surface area contributed by atoms with Crippen molar-refractivity contribution in [2.75, 3.05) is 34.3 Å². The summed E-state index contributed by atoms with van der Waals surface area (Å²) in [5, 5.41) is 6.34. The first kappa shape index (κ1) is 25.4. The standard InChI is InChI=1S/C22H28N4O3.HI/c1-26(2)20(27)16-25-22(23-14-13-17-7-5-4-6-8-17)24-15-18-9-11-19(12-10-18)21(28)29-3;/h4-12H,13-16H2,1-3H3,(H2,23,24,25);1H. The molecule has 0 aliphatic carbocycles. The maximum atomic E-state index is 11.9. The summed E-state index contributed by atoms with van der Waals surface area (Å²) in [7, 11) is 4.79. The normalized spacial score (nSPS) is 10.6. The fourth-order valence-corrected chi connectivity index (χ4v) is 2.50. The van der Waals surface area contributed by atoms with Crippen LogP contribution in [0, 0.1) is 0 Å². The van der Waals surface area contributed by atoms with Gasteiger partial charge in [-0.25, -0.2) is 9.79 Å². The van der Waals surface area contributed by atoms with Crippen molar-refractivity contribution in [2.45, 2.75) is 13.0 Å². The van der Waals surface area contributed by atoms with Crippen molar-refractivity contribution < 1.29 is 14.3 Å². The molecule has 0 fully saturated rings. The van der Waals surface area contributed by atoms with E-state index in [1.165, 1.54) is 17.6 Å². The number of likely N-dealkylation sites (N-methyl/N-ethyl adjacent to an activating group) is 1. The zero-order valence-corrected chi connectivity index (χ0v) is 19.9. The van der Waals surface area contributed by atoms with Gasteiger partial charge in [-0.15, -0.1) is 24.0 Å². The lowest BCUT2D eigenvalue weighted by atomic mass is 10.1. The van der Waals surface area contributed by atoms with Gasteiger partial charge in [-0.05, 0) is 29.7 Å². The monoisotopic (exact) mass is 524 g/mol. The van der Waals surface area contributed by atoms with Crippen LogP contribution in [0.1, 0.15) is 21.5 Å². The van der Waals surface area contributed by atoms with E-state index in [2.05, 4.69) is 27.8 Å². The molecule has 2 rings (SSSR count). The van der Waals surface area contributed by atoms with Crippen molar-refractivity contribution in [3.05, 3.63) is 71.3 Å². The number of aliphatic imine (C=N–C) groups is 1. The van der Waals surface area contributed by atoms with E-state index in [9.17, 15) is 9.59 Å². The highest BCUT2D eigenvalue weighted by molar-refractivity contribution is 14.0. The van der Waals surface area contributed by atoms with Gasteiger partial charge in [-0.3, -0.25) is 4.79 Å². The summed E-state index contributed by atoms with van der Waals surface area (Å²) >= 11 is 0. The highest BCUT2D eigenvalue weighted by Crippen LogP contribution is 2.07. The quantitative estimate of drug-likeness (QED) is 0.240. The first-order chi connectivity index (χ1) is 14.0. The number of methoxy groups -OCH3 is 1. The molecule has 2 N–H and O–H groups in total.